The standard InChI is InChI=1S/C10H20N2O4S/c1-16-7-8-17(14,15)9-10(13)12-5-2-3-11-4-6-12/h11H,2-9H2,1H3. The van der Waals surface area contributed by atoms with E-state index in [-0.39, 0.29) is 18.3 Å². The molecule has 0 radical (unpaired) electrons. The van der Waals surface area contributed by atoms with Crippen molar-refractivity contribution >= 4 is 15.7 Å². The van der Waals surface area contributed by atoms with Crippen molar-refractivity contribution in [1.82, 2.24) is 10.2 Å². The molecule has 1 saturated heterocycles. The summed E-state index contributed by atoms with van der Waals surface area (Å²) in [7, 11) is -1.90. The molecule has 1 heterocycles. The minimum absolute atomic E-state index is 0.0959. The van der Waals surface area contributed by atoms with Gasteiger partial charge < -0.3 is 15.0 Å². The lowest BCUT2D eigenvalue weighted by Gasteiger charge is -2.19. The molecule has 1 aliphatic rings. The summed E-state index contributed by atoms with van der Waals surface area (Å²) in [5, 5.41) is 3.17. The summed E-state index contributed by atoms with van der Waals surface area (Å²) in [4.78, 5) is 13.4. The van der Waals surface area contributed by atoms with Crippen molar-refractivity contribution in [1.29, 1.82) is 0 Å². The number of sulfone groups is 1. The van der Waals surface area contributed by atoms with Crippen LogP contribution in [0.1, 0.15) is 6.42 Å². The van der Waals surface area contributed by atoms with E-state index in [1.165, 1.54) is 7.11 Å². The van der Waals surface area contributed by atoms with Crippen molar-refractivity contribution in [2.45, 2.75) is 6.42 Å². The van der Waals surface area contributed by atoms with Crippen LogP contribution >= 0.6 is 0 Å². The maximum absolute atomic E-state index is 11.8. The summed E-state index contributed by atoms with van der Waals surface area (Å²) in [6.07, 6.45) is 0.865. The molecule has 0 bridgehead atoms. The van der Waals surface area contributed by atoms with Crippen LogP contribution < -0.4 is 5.32 Å². The molecule has 0 atom stereocenters. The van der Waals surface area contributed by atoms with Gasteiger partial charge in [0, 0.05) is 26.7 Å². The first-order chi connectivity index (χ1) is 8.05. The Hall–Kier alpha value is -0.660. The lowest BCUT2D eigenvalue weighted by Crippen LogP contribution is -2.38. The molecule has 0 aromatic carbocycles. The van der Waals surface area contributed by atoms with E-state index in [1.807, 2.05) is 0 Å². The quantitative estimate of drug-likeness (QED) is 0.680. The third kappa shape index (κ3) is 5.47. The van der Waals surface area contributed by atoms with Crippen molar-refractivity contribution < 1.29 is 17.9 Å². The zero-order valence-corrected chi connectivity index (χ0v) is 11.0. The maximum Gasteiger partial charge on any atom is 0.237 e. The molecule has 0 unspecified atom stereocenters. The normalized spacial score (nSPS) is 17.8. The van der Waals surface area contributed by atoms with E-state index < -0.39 is 15.6 Å². The molecule has 0 saturated carbocycles. The topological polar surface area (TPSA) is 75.7 Å². The number of hydrogen-bond acceptors (Lipinski definition) is 5. The highest BCUT2D eigenvalue weighted by atomic mass is 32.2. The second-order valence-electron chi connectivity index (χ2n) is 4.07. The number of ether oxygens (including phenoxy) is 1. The molecule has 1 N–H and O–H groups in total. The van der Waals surface area contributed by atoms with E-state index in [4.69, 9.17) is 4.74 Å². The predicted octanol–water partition coefficient (Wildman–Crippen LogP) is -1.13. The lowest BCUT2D eigenvalue weighted by atomic mass is 10.4. The molecule has 100 valence electrons. The second kappa shape index (κ2) is 6.93. The summed E-state index contributed by atoms with van der Waals surface area (Å²) in [6, 6.07) is 0. The minimum Gasteiger partial charge on any atom is -0.384 e. The number of nitrogens with zero attached hydrogens (tertiary/aromatic N) is 1. The number of carbonyl (C=O) groups excluding carboxylic acids is 1. The molecule has 0 aliphatic carbocycles. The average Bonchev–Trinajstić information content (AvgIpc) is 2.54. The molecule has 0 spiro atoms. The fourth-order valence-electron chi connectivity index (χ4n) is 1.66. The molecule has 1 rings (SSSR count). The number of carbonyl (C=O) groups is 1. The SMILES string of the molecule is COCCS(=O)(=O)CC(=O)N1CCCNCC1. The van der Waals surface area contributed by atoms with E-state index in [0.717, 1.165) is 19.5 Å². The van der Waals surface area contributed by atoms with Crippen molar-refractivity contribution in [2.75, 3.05) is 51.4 Å². The average molecular weight is 264 g/mol. The van der Waals surface area contributed by atoms with Gasteiger partial charge in [-0.15, -0.1) is 0 Å². The molecule has 1 amide bonds. The summed E-state index contributed by atoms with van der Waals surface area (Å²) in [5.74, 6) is -0.803. The molecule has 0 aromatic rings. The van der Waals surface area contributed by atoms with E-state index in [1.54, 1.807) is 4.90 Å². The molecule has 17 heavy (non-hydrogen) atoms. The number of nitrogens with one attached hydrogen (secondary N) is 1. The zero-order chi connectivity index (χ0) is 12.7. The van der Waals surface area contributed by atoms with E-state index >= 15 is 0 Å². The lowest BCUT2D eigenvalue weighted by molar-refractivity contribution is -0.128. The second-order valence-corrected chi connectivity index (χ2v) is 6.25. The van der Waals surface area contributed by atoms with Gasteiger partial charge in [-0.2, -0.15) is 0 Å². The molecular formula is C10H20N2O4S. The van der Waals surface area contributed by atoms with Crippen LogP contribution in [0.25, 0.3) is 0 Å². The largest absolute Gasteiger partial charge is 0.384 e. The summed E-state index contributed by atoms with van der Waals surface area (Å²) < 4.78 is 27.9. The van der Waals surface area contributed by atoms with Crippen LogP contribution in [0.5, 0.6) is 0 Å². The fourth-order valence-corrected chi connectivity index (χ4v) is 2.78. The van der Waals surface area contributed by atoms with Gasteiger partial charge in [-0.3, -0.25) is 4.79 Å². The maximum atomic E-state index is 11.8. The Morgan fingerprint density at radius 3 is 2.82 bits per heavy atom. The molecule has 1 aliphatic heterocycles. The van der Waals surface area contributed by atoms with Gasteiger partial charge >= 0.3 is 0 Å². The fraction of sp³-hybridized carbons (Fsp3) is 0.900. The first-order valence-corrected chi connectivity index (χ1v) is 7.55. The molecule has 7 heteroatoms. The van der Waals surface area contributed by atoms with Crippen LogP contribution in [-0.4, -0.2) is 70.6 Å². The Morgan fingerprint density at radius 1 is 1.35 bits per heavy atom. The van der Waals surface area contributed by atoms with Crippen LogP contribution in [0.4, 0.5) is 0 Å². The Labute approximate surface area is 102 Å². The van der Waals surface area contributed by atoms with Crippen LogP contribution in [0.15, 0.2) is 0 Å². The smallest absolute Gasteiger partial charge is 0.237 e. The van der Waals surface area contributed by atoms with Gasteiger partial charge in [-0.25, -0.2) is 8.42 Å². The van der Waals surface area contributed by atoms with Crippen molar-refractivity contribution in [3.63, 3.8) is 0 Å². The zero-order valence-electron chi connectivity index (χ0n) is 10.1. The van der Waals surface area contributed by atoms with Gasteiger partial charge in [-0.05, 0) is 13.0 Å². The number of methoxy groups -OCH3 is 1. The first-order valence-electron chi connectivity index (χ1n) is 5.73. The third-order valence-corrected chi connectivity index (χ3v) is 4.11. The number of hydrogen-bond donors (Lipinski definition) is 1. The van der Waals surface area contributed by atoms with Crippen LogP contribution in [0, 0.1) is 0 Å². The predicted molar refractivity (Wildman–Crippen MR) is 64.6 cm³/mol. The molecule has 1 fully saturated rings. The van der Waals surface area contributed by atoms with E-state index in [2.05, 4.69) is 5.32 Å². The molecular weight excluding hydrogens is 244 g/mol. The van der Waals surface area contributed by atoms with Gasteiger partial charge in [0.25, 0.3) is 0 Å². The van der Waals surface area contributed by atoms with Crippen LogP contribution in [-0.2, 0) is 19.4 Å². The van der Waals surface area contributed by atoms with Crippen molar-refractivity contribution in [3.05, 3.63) is 0 Å². The van der Waals surface area contributed by atoms with Crippen LogP contribution in [0.2, 0.25) is 0 Å². The summed E-state index contributed by atoms with van der Waals surface area (Å²) >= 11 is 0. The van der Waals surface area contributed by atoms with Gasteiger partial charge in [0.1, 0.15) is 5.75 Å². The monoisotopic (exact) mass is 264 g/mol. The number of amides is 1. The Morgan fingerprint density at radius 2 is 2.12 bits per heavy atom. The highest BCUT2D eigenvalue weighted by molar-refractivity contribution is 7.92. The third-order valence-electron chi connectivity index (χ3n) is 2.63. The molecule has 0 aromatic heterocycles. The van der Waals surface area contributed by atoms with E-state index in [9.17, 15) is 13.2 Å². The first kappa shape index (κ1) is 14.4. The van der Waals surface area contributed by atoms with E-state index in [0.29, 0.717) is 13.1 Å². The number of rotatable bonds is 5. The minimum atomic E-state index is -3.34. The highest BCUT2D eigenvalue weighted by Gasteiger charge is 2.22. The van der Waals surface area contributed by atoms with Crippen LogP contribution in [0.3, 0.4) is 0 Å². The summed E-state index contributed by atoms with van der Waals surface area (Å²) in [6.45, 7) is 2.95. The highest BCUT2D eigenvalue weighted by Crippen LogP contribution is 2.00. The summed E-state index contributed by atoms with van der Waals surface area (Å²) in [5.41, 5.74) is 0. The molecule has 6 nitrogen and oxygen atoms in total. The van der Waals surface area contributed by atoms with Gasteiger partial charge in [0.2, 0.25) is 5.91 Å². The Bertz CT molecular complexity index is 334. The Balaban J connectivity index is 2.46. The van der Waals surface area contributed by atoms with Crippen molar-refractivity contribution in [3.8, 4) is 0 Å². The van der Waals surface area contributed by atoms with Gasteiger partial charge in [0.05, 0.1) is 12.4 Å². The van der Waals surface area contributed by atoms with Gasteiger partial charge in [-0.1, -0.05) is 0 Å². The Kier molecular flexibility index (Phi) is 5.87. The van der Waals surface area contributed by atoms with Crippen molar-refractivity contribution in [2.24, 2.45) is 0 Å². The van der Waals surface area contributed by atoms with Gasteiger partial charge in [0.15, 0.2) is 9.84 Å².